The number of hydrogen-bond donors (Lipinski definition) is 4. The van der Waals surface area contributed by atoms with Crippen LogP contribution in [0.15, 0.2) is 60.7 Å². The molecule has 6 rings (SSSR count). The van der Waals surface area contributed by atoms with Gasteiger partial charge in [0.25, 0.3) is 0 Å². The van der Waals surface area contributed by atoms with Crippen LogP contribution < -0.4 is 10.6 Å². The Hall–Kier alpha value is -3.88. The lowest BCUT2D eigenvalue weighted by atomic mass is 9.76. The first-order valence-corrected chi connectivity index (χ1v) is 12.9. The summed E-state index contributed by atoms with van der Waals surface area (Å²) in [6.45, 7) is 2.07. The van der Waals surface area contributed by atoms with E-state index in [0.717, 1.165) is 11.1 Å². The predicted octanol–water partition coefficient (Wildman–Crippen LogP) is 3.27. The van der Waals surface area contributed by atoms with Crippen LogP contribution in [-0.4, -0.2) is 45.4 Å². The van der Waals surface area contributed by atoms with E-state index in [1.54, 1.807) is 12.1 Å². The highest BCUT2D eigenvalue weighted by Crippen LogP contribution is 2.54. The van der Waals surface area contributed by atoms with Gasteiger partial charge in [-0.3, -0.25) is 24.6 Å². The first-order chi connectivity index (χ1) is 18.2. The zero-order valence-corrected chi connectivity index (χ0v) is 21.3. The number of aryl methyl sites for hydroxylation is 1. The molecular weight excluding hydrogens is 506 g/mol. The number of carbonyl (C=O) groups excluding carboxylic acids is 3. The van der Waals surface area contributed by atoms with E-state index >= 15 is 0 Å². The second-order valence-electron chi connectivity index (χ2n) is 10.3. The van der Waals surface area contributed by atoms with Gasteiger partial charge >= 0.3 is 0 Å². The van der Waals surface area contributed by atoms with Crippen LogP contribution in [0.2, 0.25) is 5.02 Å². The monoisotopic (exact) mass is 531 g/mol. The van der Waals surface area contributed by atoms with E-state index in [9.17, 15) is 24.6 Å². The Kier molecular flexibility index (Phi) is 5.70. The standard InChI is InChI=1S/C29H26ClN3O5/c1-15-11-18-25(19(30)12-15)31-28(38)29(18)24-23(20(32-29)13-17-7-8-21(34)22(35)14-17)26(36)33(27(24)37)10-9-16-5-3-2-4-6-16/h2-8,11-12,14,20,23-24,32,34-35H,9-10,13H2,1H3,(H,31,38)/t20-,23-,24+,29-/m1/s1. The summed E-state index contributed by atoms with van der Waals surface area (Å²) >= 11 is 6.50. The third kappa shape index (κ3) is 3.59. The molecule has 3 aromatic carbocycles. The largest absolute Gasteiger partial charge is 0.504 e. The first kappa shape index (κ1) is 24.5. The Balaban J connectivity index is 1.42. The van der Waals surface area contributed by atoms with Gasteiger partial charge < -0.3 is 15.5 Å². The maximum atomic E-state index is 14.0. The molecule has 3 amide bonds. The van der Waals surface area contributed by atoms with Gasteiger partial charge in [0.1, 0.15) is 5.54 Å². The maximum Gasteiger partial charge on any atom is 0.250 e. The molecule has 9 heteroatoms. The number of aromatic hydroxyl groups is 2. The molecule has 8 nitrogen and oxygen atoms in total. The normalized spacial score (nSPS) is 25.7. The van der Waals surface area contributed by atoms with Gasteiger partial charge in [0.05, 0.1) is 22.5 Å². The maximum absolute atomic E-state index is 14.0. The SMILES string of the molecule is Cc1cc(Cl)c2c(c1)[C@]1(N[C@H](Cc3ccc(O)c(O)c3)[C@H]3C(=O)N(CCc4ccccc4)C(=O)[C@H]31)C(=O)N2. The molecule has 0 radical (unpaired) electrons. The van der Waals surface area contributed by atoms with E-state index < -0.39 is 29.3 Å². The van der Waals surface area contributed by atoms with Gasteiger partial charge in [0.2, 0.25) is 17.7 Å². The minimum absolute atomic E-state index is 0.209. The number of rotatable bonds is 5. The summed E-state index contributed by atoms with van der Waals surface area (Å²) in [5.74, 6) is -3.43. The lowest BCUT2D eigenvalue weighted by Gasteiger charge is -2.30. The Morgan fingerprint density at radius 3 is 2.45 bits per heavy atom. The van der Waals surface area contributed by atoms with E-state index in [1.807, 2.05) is 43.3 Å². The van der Waals surface area contributed by atoms with Gasteiger partial charge in [-0.2, -0.15) is 0 Å². The number of likely N-dealkylation sites (tertiary alicyclic amines) is 1. The number of anilines is 1. The summed E-state index contributed by atoms with van der Waals surface area (Å²) in [7, 11) is 0. The van der Waals surface area contributed by atoms with Crippen molar-refractivity contribution in [2.24, 2.45) is 11.8 Å². The molecule has 3 heterocycles. The van der Waals surface area contributed by atoms with Crippen molar-refractivity contribution in [3.05, 3.63) is 87.9 Å². The van der Waals surface area contributed by atoms with E-state index in [4.69, 9.17) is 11.6 Å². The van der Waals surface area contributed by atoms with Crippen molar-refractivity contribution < 1.29 is 24.6 Å². The van der Waals surface area contributed by atoms with Gasteiger partial charge in [-0.1, -0.05) is 54.1 Å². The topological polar surface area (TPSA) is 119 Å². The van der Waals surface area contributed by atoms with E-state index in [-0.39, 0.29) is 36.3 Å². The van der Waals surface area contributed by atoms with Gasteiger partial charge in [-0.15, -0.1) is 0 Å². The molecule has 2 fully saturated rings. The molecule has 0 saturated carbocycles. The van der Waals surface area contributed by atoms with E-state index in [2.05, 4.69) is 10.6 Å². The van der Waals surface area contributed by atoms with Crippen molar-refractivity contribution in [3.63, 3.8) is 0 Å². The fraction of sp³-hybridized carbons (Fsp3) is 0.276. The fourth-order valence-electron chi connectivity index (χ4n) is 6.28. The lowest BCUT2D eigenvalue weighted by Crippen LogP contribution is -2.53. The third-order valence-electron chi connectivity index (χ3n) is 7.97. The second-order valence-corrected chi connectivity index (χ2v) is 10.7. The second kappa shape index (κ2) is 8.85. The van der Waals surface area contributed by atoms with E-state index in [0.29, 0.717) is 28.3 Å². The zero-order chi connectivity index (χ0) is 26.8. The van der Waals surface area contributed by atoms with Crippen LogP contribution in [0.4, 0.5) is 5.69 Å². The average Bonchev–Trinajstić information content (AvgIpc) is 3.46. The minimum atomic E-state index is -1.46. The highest BCUT2D eigenvalue weighted by molar-refractivity contribution is 6.35. The van der Waals surface area contributed by atoms with Crippen LogP contribution in [0, 0.1) is 18.8 Å². The van der Waals surface area contributed by atoms with Crippen molar-refractivity contribution in [2.45, 2.75) is 31.3 Å². The lowest BCUT2D eigenvalue weighted by molar-refractivity contribution is -0.142. The summed E-state index contributed by atoms with van der Waals surface area (Å²) in [4.78, 5) is 42.8. The highest BCUT2D eigenvalue weighted by Gasteiger charge is 2.70. The molecule has 1 spiro atoms. The van der Waals surface area contributed by atoms with Crippen LogP contribution in [0.1, 0.15) is 22.3 Å². The number of amides is 3. The van der Waals surface area contributed by atoms with Gasteiger partial charge in [-0.05, 0) is 54.7 Å². The highest BCUT2D eigenvalue weighted by atomic mass is 35.5. The summed E-state index contributed by atoms with van der Waals surface area (Å²) < 4.78 is 0. The summed E-state index contributed by atoms with van der Waals surface area (Å²) in [5, 5.41) is 26.4. The quantitative estimate of drug-likeness (QED) is 0.296. The van der Waals surface area contributed by atoms with Crippen molar-refractivity contribution in [1.82, 2.24) is 10.2 Å². The number of hydrogen-bond acceptors (Lipinski definition) is 6. The average molecular weight is 532 g/mol. The van der Waals surface area contributed by atoms with Crippen LogP contribution in [-0.2, 0) is 32.8 Å². The number of fused-ring (bicyclic) bond motifs is 4. The first-order valence-electron chi connectivity index (χ1n) is 12.5. The number of nitrogens with one attached hydrogen (secondary N) is 2. The van der Waals surface area contributed by atoms with Crippen LogP contribution in [0.5, 0.6) is 11.5 Å². The summed E-state index contributed by atoms with van der Waals surface area (Å²) in [6, 6.07) is 17.1. The number of carbonyl (C=O) groups is 3. The predicted molar refractivity (Wildman–Crippen MR) is 141 cm³/mol. The molecular formula is C29H26ClN3O5. The summed E-state index contributed by atoms with van der Waals surface area (Å²) in [6.07, 6.45) is 0.757. The number of benzene rings is 3. The van der Waals surface area contributed by atoms with Crippen molar-refractivity contribution >= 4 is 35.0 Å². The van der Waals surface area contributed by atoms with Crippen molar-refractivity contribution in [3.8, 4) is 11.5 Å². The Labute approximate surface area is 224 Å². The van der Waals surface area contributed by atoms with Crippen LogP contribution >= 0.6 is 11.6 Å². The smallest absolute Gasteiger partial charge is 0.250 e. The van der Waals surface area contributed by atoms with Crippen LogP contribution in [0.3, 0.4) is 0 Å². The minimum Gasteiger partial charge on any atom is -0.504 e. The molecule has 0 bridgehead atoms. The molecule has 3 aliphatic heterocycles. The Bertz CT molecular complexity index is 1490. The number of phenols is 2. The molecule has 0 unspecified atom stereocenters. The number of halogens is 1. The molecule has 2 saturated heterocycles. The number of imide groups is 1. The third-order valence-corrected chi connectivity index (χ3v) is 8.27. The van der Waals surface area contributed by atoms with E-state index in [1.165, 1.54) is 17.0 Å². The molecule has 194 valence electrons. The van der Waals surface area contributed by atoms with Crippen molar-refractivity contribution in [2.75, 3.05) is 11.9 Å². The van der Waals surface area contributed by atoms with Crippen molar-refractivity contribution in [1.29, 1.82) is 0 Å². The Morgan fingerprint density at radius 1 is 0.947 bits per heavy atom. The molecule has 3 aliphatic rings. The van der Waals surface area contributed by atoms with Gasteiger partial charge in [0, 0.05) is 18.2 Å². The molecule has 0 aromatic heterocycles. The number of phenolic OH excluding ortho intramolecular Hbond substituents is 2. The van der Waals surface area contributed by atoms with Gasteiger partial charge in [-0.25, -0.2) is 0 Å². The number of nitrogens with zero attached hydrogens (tertiary/aromatic N) is 1. The molecule has 4 N–H and O–H groups in total. The zero-order valence-electron chi connectivity index (χ0n) is 20.6. The summed E-state index contributed by atoms with van der Waals surface area (Å²) in [5.41, 5.74) is 2.02. The van der Waals surface area contributed by atoms with Gasteiger partial charge in [0.15, 0.2) is 11.5 Å². The Morgan fingerprint density at radius 2 is 1.71 bits per heavy atom. The molecule has 0 aliphatic carbocycles. The molecule has 38 heavy (non-hydrogen) atoms. The molecule has 3 aromatic rings. The fourth-order valence-corrected chi connectivity index (χ4v) is 6.61. The molecule has 4 atom stereocenters. The van der Waals surface area contributed by atoms with Crippen LogP contribution in [0.25, 0.3) is 0 Å².